The number of aryl methyl sites for hydroxylation is 2. The summed E-state index contributed by atoms with van der Waals surface area (Å²) in [5.74, 6) is 0. The van der Waals surface area contributed by atoms with Gasteiger partial charge in [0.05, 0.1) is 18.3 Å². The molecule has 2 aromatic rings. The summed E-state index contributed by atoms with van der Waals surface area (Å²) < 4.78 is 4.00. The molecule has 0 spiro atoms. The summed E-state index contributed by atoms with van der Waals surface area (Å²) in [6.45, 7) is 7.04. The fourth-order valence-electron chi connectivity index (χ4n) is 1.64. The molecule has 2 heterocycles. The second kappa shape index (κ2) is 3.84. The monoisotopic (exact) mass is 205 g/mol. The number of hydrogen-bond donors (Lipinski definition) is 0. The molecule has 2 aromatic heterocycles. The molecular formula is C10H15N5. The molecule has 0 aliphatic carbocycles. The van der Waals surface area contributed by atoms with Gasteiger partial charge in [-0.3, -0.25) is 4.68 Å². The number of aromatic nitrogens is 5. The van der Waals surface area contributed by atoms with E-state index in [0.717, 1.165) is 12.2 Å². The molecule has 0 fully saturated rings. The van der Waals surface area contributed by atoms with Crippen LogP contribution in [0, 0.1) is 13.8 Å². The molecule has 1 atom stereocenters. The Bertz CT molecular complexity index is 429. The molecule has 0 radical (unpaired) electrons. The van der Waals surface area contributed by atoms with Crippen LogP contribution in [0.5, 0.6) is 0 Å². The van der Waals surface area contributed by atoms with Crippen molar-refractivity contribution in [1.82, 2.24) is 24.5 Å². The van der Waals surface area contributed by atoms with Crippen LogP contribution in [-0.4, -0.2) is 24.5 Å². The van der Waals surface area contributed by atoms with E-state index in [0.29, 0.717) is 6.04 Å². The molecule has 2 rings (SSSR count). The van der Waals surface area contributed by atoms with Crippen molar-refractivity contribution >= 4 is 0 Å². The lowest BCUT2D eigenvalue weighted by molar-refractivity contribution is 0.429. The molecule has 80 valence electrons. The van der Waals surface area contributed by atoms with Crippen LogP contribution in [-0.2, 0) is 6.54 Å². The SMILES string of the molecule is Cc1cc(C)n(CC(C)n2cnnc2)n1. The van der Waals surface area contributed by atoms with Gasteiger partial charge < -0.3 is 4.57 Å². The maximum Gasteiger partial charge on any atom is 0.119 e. The fourth-order valence-corrected chi connectivity index (χ4v) is 1.64. The lowest BCUT2D eigenvalue weighted by Gasteiger charge is -2.13. The summed E-state index contributed by atoms with van der Waals surface area (Å²) in [4.78, 5) is 0. The van der Waals surface area contributed by atoms with Crippen LogP contribution in [0.1, 0.15) is 24.4 Å². The van der Waals surface area contributed by atoms with E-state index in [4.69, 9.17) is 0 Å². The first-order valence-electron chi connectivity index (χ1n) is 5.02. The van der Waals surface area contributed by atoms with E-state index in [9.17, 15) is 0 Å². The minimum Gasteiger partial charge on any atom is -0.315 e. The second-order valence-electron chi connectivity index (χ2n) is 3.87. The van der Waals surface area contributed by atoms with Gasteiger partial charge in [0.1, 0.15) is 12.7 Å². The van der Waals surface area contributed by atoms with Gasteiger partial charge in [0, 0.05) is 5.69 Å². The van der Waals surface area contributed by atoms with Gasteiger partial charge in [-0.1, -0.05) is 0 Å². The third-order valence-corrected chi connectivity index (χ3v) is 2.49. The highest BCUT2D eigenvalue weighted by Crippen LogP contribution is 2.09. The minimum atomic E-state index is 0.318. The van der Waals surface area contributed by atoms with Gasteiger partial charge >= 0.3 is 0 Å². The highest BCUT2D eigenvalue weighted by molar-refractivity contribution is 5.06. The van der Waals surface area contributed by atoms with Gasteiger partial charge in [-0.05, 0) is 26.8 Å². The molecule has 0 aliphatic heterocycles. The van der Waals surface area contributed by atoms with Crippen LogP contribution in [0.15, 0.2) is 18.7 Å². The standard InChI is InChI=1S/C10H15N5/c1-8-4-9(2)15(13-8)5-10(3)14-6-11-12-7-14/h4,6-7,10H,5H2,1-3H3. The summed E-state index contributed by atoms with van der Waals surface area (Å²) >= 11 is 0. The van der Waals surface area contributed by atoms with Crippen molar-refractivity contribution in [3.8, 4) is 0 Å². The van der Waals surface area contributed by atoms with Gasteiger partial charge in [-0.15, -0.1) is 10.2 Å². The third-order valence-electron chi connectivity index (χ3n) is 2.49. The molecule has 5 nitrogen and oxygen atoms in total. The van der Waals surface area contributed by atoms with Crippen LogP contribution in [0.4, 0.5) is 0 Å². The molecule has 0 bridgehead atoms. The molecule has 1 unspecified atom stereocenters. The van der Waals surface area contributed by atoms with Crippen LogP contribution >= 0.6 is 0 Å². The van der Waals surface area contributed by atoms with Gasteiger partial charge in [0.2, 0.25) is 0 Å². The van der Waals surface area contributed by atoms with E-state index in [-0.39, 0.29) is 0 Å². The Morgan fingerprint density at radius 1 is 1.27 bits per heavy atom. The van der Waals surface area contributed by atoms with Crippen LogP contribution < -0.4 is 0 Å². The zero-order chi connectivity index (χ0) is 10.8. The maximum atomic E-state index is 4.42. The first-order valence-corrected chi connectivity index (χ1v) is 5.02. The Kier molecular flexibility index (Phi) is 2.53. The van der Waals surface area contributed by atoms with Crippen molar-refractivity contribution in [1.29, 1.82) is 0 Å². The van der Waals surface area contributed by atoms with Crippen molar-refractivity contribution in [3.05, 3.63) is 30.1 Å². The summed E-state index contributed by atoms with van der Waals surface area (Å²) in [7, 11) is 0. The van der Waals surface area contributed by atoms with E-state index < -0.39 is 0 Å². The third kappa shape index (κ3) is 2.06. The lowest BCUT2D eigenvalue weighted by Crippen LogP contribution is -2.13. The molecule has 0 saturated heterocycles. The van der Waals surface area contributed by atoms with Crippen LogP contribution in [0.3, 0.4) is 0 Å². The molecular weight excluding hydrogens is 190 g/mol. The Morgan fingerprint density at radius 2 is 1.93 bits per heavy atom. The quantitative estimate of drug-likeness (QED) is 0.760. The average Bonchev–Trinajstić information content (AvgIpc) is 2.76. The van der Waals surface area contributed by atoms with Crippen LogP contribution in [0.25, 0.3) is 0 Å². The predicted octanol–water partition coefficient (Wildman–Crippen LogP) is 1.35. The zero-order valence-corrected chi connectivity index (χ0v) is 9.25. The topological polar surface area (TPSA) is 48.5 Å². The average molecular weight is 205 g/mol. The number of nitrogens with zero attached hydrogens (tertiary/aromatic N) is 5. The first kappa shape index (κ1) is 9.89. The van der Waals surface area contributed by atoms with Gasteiger partial charge in [0.15, 0.2) is 0 Å². The summed E-state index contributed by atoms with van der Waals surface area (Å²) in [5, 5.41) is 12.0. The first-order chi connectivity index (χ1) is 7.16. The predicted molar refractivity (Wildman–Crippen MR) is 56.4 cm³/mol. The fraction of sp³-hybridized carbons (Fsp3) is 0.500. The summed E-state index contributed by atoms with van der Waals surface area (Å²) in [6, 6.07) is 2.40. The highest BCUT2D eigenvalue weighted by atomic mass is 15.3. The highest BCUT2D eigenvalue weighted by Gasteiger charge is 2.08. The molecule has 0 amide bonds. The molecule has 15 heavy (non-hydrogen) atoms. The molecule has 0 N–H and O–H groups in total. The molecule has 0 aromatic carbocycles. The molecule has 0 aliphatic rings. The Labute approximate surface area is 88.7 Å². The van der Waals surface area contributed by atoms with Crippen molar-refractivity contribution < 1.29 is 0 Å². The minimum absolute atomic E-state index is 0.318. The lowest BCUT2D eigenvalue weighted by atomic mass is 10.3. The second-order valence-corrected chi connectivity index (χ2v) is 3.87. The smallest absolute Gasteiger partial charge is 0.119 e. The Balaban J connectivity index is 2.12. The van der Waals surface area contributed by atoms with E-state index in [1.807, 2.05) is 16.2 Å². The van der Waals surface area contributed by atoms with E-state index in [1.165, 1.54) is 5.69 Å². The van der Waals surface area contributed by atoms with Gasteiger partial charge in [-0.2, -0.15) is 5.10 Å². The van der Waals surface area contributed by atoms with Gasteiger partial charge in [0.25, 0.3) is 0 Å². The number of hydrogen-bond acceptors (Lipinski definition) is 3. The molecule has 5 heteroatoms. The Morgan fingerprint density at radius 3 is 2.47 bits per heavy atom. The zero-order valence-electron chi connectivity index (χ0n) is 9.25. The van der Waals surface area contributed by atoms with Crippen molar-refractivity contribution in [2.45, 2.75) is 33.4 Å². The van der Waals surface area contributed by atoms with Gasteiger partial charge in [-0.25, -0.2) is 0 Å². The largest absolute Gasteiger partial charge is 0.315 e. The normalized spacial score (nSPS) is 13.0. The number of rotatable bonds is 3. The van der Waals surface area contributed by atoms with Crippen molar-refractivity contribution in [3.63, 3.8) is 0 Å². The molecule has 0 saturated carbocycles. The van der Waals surface area contributed by atoms with Crippen molar-refractivity contribution in [2.75, 3.05) is 0 Å². The summed E-state index contributed by atoms with van der Waals surface area (Å²) in [5.41, 5.74) is 2.25. The summed E-state index contributed by atoms with van der Waals surface area (Å²) in [6.07, 6.45) is 3.46. The van der Waals surface area contributed by atoms with E-state index >= 15 is 0 Å². The van der Waals surface area contributed by atoms with E-state index in [1.54, 1.807) is 12.7 Å². The maximum absolute atomic E-state index is 4.42. The van der Waals surface area contributed by atoms with Crippen molar-refractivity contribution in [2.24, 2.45) is 0 Å². The van der Waals surface area contributed by atoms with Crippen LogP contribution in [0.2, 0.25) is 0 Å². The Hall–Kier alpha value is -1.65. The van der Waals surface area contributed by atoms with E-state index in [2.05, 4.69) is 35.2 Å².